The number of aliphatic hydroxyl groups is 1. The van der Waals surface area contributed by atoms with Gasteiger partial charge in [-0.3, -0.25) is 0 Å². The third-order valence-electron chi connectivity index (χ3n) is 1.75. The predicted molar refractivity (Wildman–Crippen MR) is 55.2 cm³/mol. The van der Waals surface area contributed by atoms with Crippen LogP contribution in [0.2, 0.25) is 4.34 Å². The highest BCUT2D eigenvalue weighted by molar-refractivity contribution is 7.15. The average molecular weight is 221 g/mol. The Bertz CT molecular complexity index is 264. The molecular formula is C8H13ClN2OS. The number of nitrogens with zero attached hydrogens (tertiary/aromatic N) is 1. The molecule has 0 aliphatic heterocycles. The van der Waals surface area contributed by atoms with E-state index in [1.54, 1.807) is 13.1 Å². The van der Waals surface area contributed by atoms with Crippen LogP contribution in [0.15, 0.2) is 6.20 Å². The summed E-state index contributed by atoms with van der Waals surface area (Å²) < 4.78 is 0.666. The molecule has 0 bridgehead atoms. The van der Waals surface area contributed by atoms with E-state index in [9.17, 15) is 5.11 Å². The standard InChI is InChI=1S/C8H13ClN2OS/c1-5(12)2-6(3-10)8-11-4-7(9)13-8/h4-6,12H,2-3,10H2,1H3. The van der Waals surface area contributed by atoms with Gasteiger partial charge in [0.15, 0.2) is 0 Å². The Kier molecular flexibility index (Phi) is 4.12. The molecule has 1 heterocycles. The van der Waals surface area contributed by atoms with Crippen molar-refractivity contribution < 1.29 is 5.11 Å². The van der Waals surface area contributed by atoms with Gasteiger partial charge in [-0.2, -0.15) is 0 Å². The van der Waals surface area contributed by atoms with E-state index in [0.29, 0.717) is 17.3 Å². The van der Waals surface area contributed by atoms with Crippen molar-refractivity contribution in [3.05, 3.63) is 15.5 Å². The maximum absolute atomic E-state index is 9.21. The second-order valence-electron chi connectivity index (χ2n) is 3.02. The summed E-state index contributed by atoms with van der Waals surface area (Å²) in [5, 5.41) is 10.1. The van der Waals surface area contributed by atoms with Crippen molar-refractivity contribution in [2.45, 2.75) is 25.4 Å². The van der Waals surface area contributed by atoms with E-state index >= 15 is 0 Å². The van der Waals surface area contributed by atoms with Crippen LogP contribution in [-0.2, 0) is 0 Å². The number of hydrogen-bond acceptors (Lipinski definition) is 4. The fraction of sp³-hybridized carbons (Fsp3) is 0.625. The predicted octanol–water partition coefficient (Wildman–Crippen LogP) is 1.61. The van der Waals surface area contributed by atoms with Crippen LogP contribution >= 0.6 is 22.9 Å². The molecule has 2 unspecified atom stereocenters. The van der Waals surface area contributed by atoms with Crippen LogP contribution in [-0.4, -0.2) is 22.7 Å². The molecule has 0 aliphatic rings. The molecule has 0 amide bonds. The minimum atomic E-state index is -0.351. The first-order chi connectivity index (χ1) is 6.13. The molecule has 3 N–H and O–H groups in total. The molecule has 5 heteroatoms. The van der Waals surface area contributed by atoms with Crippen LogP contribution in [0.5, 0.6) is 0 Å². The molecule has 0 aliphatic carbocycles. The van der Waals surface area contributed by atoms with E-state index in [-0.39, 0.29) is 12.0 Å². The fourth-order valence-corrected chi connectivity index (χ4v) is 2.22. The van der Waals surface area contributed by atoms with Gasteiger partial charge in [0, 0.05) is 12.5 Å². The van der Waals surface area contributed by atoms with Crippen molar-refractivity contribution in [3.63, 3.8) is 0 Å². The molecule has 0 fully saturated rings. The van der Waals surface area contributed by atoms with E-state index in [1.165, 1.54) is 11.3 Å². The second-order valence-corrected chi connectivity index (χ2v) is 4.71. The Balaban J connectivity index is 2.66. The average Bonchev–Trinajstić information content (AvgIpc) is 2.47. The molecule has 0 saturated heterocycles. The summed E-state index contributed by atoms with van der Waals surface area (Å²) in [5.41, 5.74) is 5.57. The lowest BCUT2D eigenvalue weighted by atomic mass is 10.0. The summed E-state index contributed by atoms with van der Waals surface area (Å²) in [6.45, 7) is 2.24. The Morgan fingerprint density at radius 3 is 2.85 bits per heavy atom. The molecule has 1 rings (SSSR count). The normalized spacial score (nSPS) is 15.7. The number of halogens is 1. The molecule has 1 aromatic rings. The minimum absolute atomic E-state index is 0.123. The molecule has 2 atom stereocenters. The lowest BCUT2D eigenvalue weighted by Gasteiger charge is -2.12. The van der Waals surface area contributed by atoms with Crippen molar-refractivity contribution >= 4 is 22.9 Å². The topological polar surface area (TPSA) is 59.1 Å². The summed E-state index contributed by atoms with van der Waals surface area (Å²) in [6.07, 6.45) is 1.91. The smallest absolute Gasteiger partial charge is 0.113 e. The van der Waals surface area contributed by atoms with Gasteiger partial charge < -0.3 is 10.8 Å². The first-order valence-corrected chi connectivity index (χ1v) is 5.32. The maximum atomic E-state index is 9.21. The molecule has 0 saturated carbocycles. The van der Waals surface area contributed by atoms with Crippen LogP contribution in [0, 0.1) is 0 Å². The second kappa shape index (κ2) is 4.91. The van der Waals surface area contributed by atoms with Gasteiger partial charge in [0.1, 0.15) is 4.34 Å². The van der Waals surface area contributed by atoms with Crippen LogP contribution in [0.3, 0.4) is 0 Å². The van der Waals surface area contributed by atoms with Gasteiger partial charge in [-0.05, 0) is 13.3 Å². The van der Waals surface area contributed by atoms with Crippen molar-refractivity contribution in [2.75, 3.05) is 6.54 Å². The molecule has 3 nitrogen and oxygen atoms in total. The summed E-state index contributed by atoms with van der Waals surface area (Å²) in [6, 6.07) is 0. The van der Waals surface area contributed by atoms with E-state index in [2.05, 4.69) is 4.98 Å². The van der Waals surface area contributed by atoms with E-state index in [0.717, 1.165) is 5.01 Å². The molecule has 1 aromatic heterocycles. The number of aromatic nitrogens is 1. The first kappa shape index (κ1) is 10.9. The van der Waals surface area contributed by atoms with Crippen LogP contribution in [0.1, 0.15) is 24.3 Å². The minimum Gasteiger partial charge on any atom is -0.393 e. The number of hydrogen-bond donors (Lipinski definition) is 2. The van der Waals surface area contributed by atoms with Crippen LogP contribution in [0.25, 0.3) is 0 Å². The number of nitrogens with two attached hydrogens (primary N) is 1. The monoisotopic (exact) mass is 220 g/mol. The van der Waals surface area contributed by atoms with Crippen molar-refractivity contribution in [1.29, 1.82) is 0 Å². The lowest BCUT2D eigenvalue weighted by molar-refractivity contribution is 0.175. The summed E-state index contributed by atoms with van der Waals surface area (Å²) >= 11 is 7.18. The third kappa shape index (κ3) is 3.23. The Morgan fingerprint density at radius 2 is 2.46 bits per heavy atom. The highest BCUT2D eigenvalue weighted by Gasteiger charge is 2.15. The zero-order valence-corrected chi connectivity index (χ0v) is 8.98. The third-order valence-corrected chi connectivity index (χ3v) is 3.03. The number of aliphatic hydroxyl groups excluding tert-OH is 1. The molecule has 74 valence electrons. The summed E-state index contributed by atoms with van der Waals surface area (Å²) in [4.78, 5) is 4.14. The molecular weight excluding hydrogens is 208 g/mol. The van der Waals surface area contributed by atoms with Gasteiger partial charge in [-0.25, -0.2) is 4.98 Å². The summed E-state index contributed by atoms with van der Waals surface area (Å²) in [5.74, 6) is 0.123. The SMILES string of the molecule is CC(O)CC(CN)c1ncc(Cl)s1. The Hall–Kier alpha value is -0.160. The van der Waals surface area contributed by atoms with Crippen LogP contribution in [0.4, 0.5) is 0 Å². The molecule has 13 heavy (non-hydrogen) atoms. The Morgan fingerprint density at radius 1 is 1.77 bits per heavy atom. The molecule has 0 spiro atoms. The Labute approximate surface area is 86.6 Å². The summed E-state index contributed by atoms with van der Waals surface area (Å²) in [7, 11) is 0. The van der Waals surface area contributed by atoms with Crippen molar-refractivity contribution in [2.24, 2.45) is 5.73 Å². The van der Waals surface area contributed by atoms with E-state index in [4.69, 9.17) is 17.3 Å². The maximum Gasteiger partial charge on any atom is 0.113 e. The van der Waals surface area contributed by atoms with Gasteiger partial charge in [-0.1, -0.05) is 11.6 Å². The zero-order chi connectivity index (χ0) is 9.84. The highest BCUT2D eigenvalue weighted by atomic mass is 35.5. The highest BCUT2D eigenvalue weighted by Crippen LogP contribution is 2.27. The van der Waals surface area contributed by atoms with Crippen molar-refractivity contribution in [3.8, 4) is 0 Å². The van der Waals surface area contributed by atoms with Gasteiger partial charge in [-0.15, -0.1) is 11.3 Å². The fourth-order valence-electron chi connectivity index (χ4n) is 1.17. The number of rotatable bonds is 4. The van der Waals surface area contributed by atoms with Gasteiger partial charge >= 0.3 is 0 Å². The van der Waals surface area contributed by atoms with E-state index < -0.39 is 0 Å². The lowest BCUT2D eigenvalue weighted by Crippen LogP contribution is -2.17. The quantitative estimate of drug-likeness (QED) is 0.811. The first-order valence-electron chi connectivity index (χ1n) is 4.12. The van der Waals surface area contributed by atoms with Gasteiger partial charge in [0.2, 0.25) is 0 Å². The molecule has 0 aromatic carbocycles. The molecule has 0 radical (unpaired) electrons. The largest absolute Gasteiger partial charge is 0.393 e. The van der Waals surface area contributed by atoms with Gasteiger partial charge in [0.25, 0.3) is 0 Å². The zero-order valence-electron chi connectivity index (χ0n) is 7.40. The van der Waals surface area contributed by atoms with Gasteiger partial charge in [0.05, 0.1) is 17.3 Å². The van der Waals surface area contributed by atoms with Crippen molar-refractivity contribution in [1.82, 2.24) is 4.98 Å². The van der Waals surface area contributed by atoms with E-state index in [1.807, 2.05) is 0 Å². The van der Waals surface area contributed by atoms with Crippen LogP contribution < -0.4 is 5.73 Å². The number of thiazole rings is 1.